The highest BCUT2D eigenvalue weighted by molar-refractivity contribution is 7.13. The van der Waals surface area contributed by atoms with E-state index in [0.717, 1.165) is 4.88 Å². The molecule has 1 N–H and O–H groups in total. The largest absolute Gasteiger partial charge is 0.481 e. The van der Waals surface area contributed by atoms with Crippen molar-refractivity contribution in [2.24, 2.45) is 10.8 Å². The first-order valence-electron chi connectivity index (χ1n) is 8.40. The maximum Gasteiger partial charge on any atom is 0.330 e. The number of para-hydroxylation sites is 1. The molecule has 0 spiro atoms. The zero-order valence-electron chi connectivity index (χ0n) is 15.6. The van der Waals surface area contributed by atoms with Crippen LogP contribution in [0.25, 0.3) is 0 Å². The third kappa shape index (κ3) is 2.65. The molecule has 0 unspecified atom stereocenters. The summed E-state index contributed by atoms with van der Waals surface area (Å²) in [7, 11) is 1.28. The van der Waals surface area contributed by atoms with Gasteiger partial charge in [-0.2, -0.15) is 0 Å². The number of nitrogens with zero attached hydrogens (tertiary/aromatic N) is 1. The van der Waals surface area contributed by atoms with Crippen LogP contribution in [0.15, 0.2) is 48.7 Å². The van der Waals surface area contributed by atoms with Gasteiger partial charge >= 0.3 is 11.9 Å². The SMILES string of the molecule is COC(=O)C=C[C@]1(c2cnc(Oc3ccccc3)s2)C(C)(C)[C@@]1(C)C(=O)O. The fraction of sp³-hybridized carbons (Fsp3) is 0.350. The topological polar surface area (TPSA) is 85.7 Å². The van der Waals surface area contributed by atoms with Crippen molar-refractivity contribution in [3.8, 4) is 10.9 Å². The first-order chi connectivity index (χ1) is 12.7. The molecule has 2 aromatic rings. The molecule has 142 valence electrons. The molecule has 3 rings (SSSR count). The zero-order chi connectivity index (χ0) is 19.9. The molecule has 27 heavy (non-hydrogen) atoms. The third-order valence-electron chi connectivity index (χ3n) is 5.88. The first-order valence-corrected chi connectivity index (χ1v) is 9.22. The summed E-state index contributed by atoms with van der Waals surface area (Å²) in [6.07, 6.45) is 4.54. The Labute approximate surface area is 161 Å². The lowest BCUT2D eigenvalue weighted by atomic mass is 9.92. The molecule has 0 bridgehead atoms. The lowest BCUT2D eigenvalue weighted by molar-refractivity contribution is -0.144. The van der Waals surface area contributed by atoms with Crippen LogP contribution in [0.2, 0.25) is 0 Å². The Kier molecular flexibility index (Phi) is 4.59. The van der Waals surface area contributed by atoms with E-state index in [1.165, 1.54) is 24.5 Å². The number of esters is 1. The van der Waals surface area contributed by atoms with E-state index in [0.29, 0.717) is 10.9 Å². The van der Waals surface area contributed by atoms with E-state index in [4.69, 9.17) is 4.74 Å². The van der Waals surface area contributed by atoms with Gasteiger partial charge in [-0.05, 0) is 24.5 Å². The number of methoxy groups -OCH3 is 1. The van der Waals surface area contributed by atoms with E-state index < -0.39 is 28.2 Å². The van der Waals surface area contributed by atoms with Crippen molar-refractivity contribution in [2.75, 3.05) is 7.11 Å². The van der Waals surface area contributed by atoms with Crippen LogP contribution >= 0.6 is 11.3 Å². The quantitative estimate of drug-likeness (QED) is 0.595. The number of hydrogen-bond acceptors (Lipinski definition) is 6. The van der Waals surface area contributed by atoms with Crippen molar-refractivity contribution < 1.29 is 24.2 Å². The summed E-state index contributed by atoms with van der Waals surface area (Å²) in [5, 5.41) is 10.3. The van der Waals surface area contributed by atoms with Crippen molar-refractivity contribution in [1.29, 1.82) is 0 Å². The average molecular weight is 387 g/mol. The Morgan fingerprint density at radius 3 is 2.41 bits per heavy atom. The second kappa shape index (κ2) is 6.49. The second-order valence-electron chi connectivity index (χ2n) is 7.13. The minimum Gasteiger partial charge on any atom is -0.481 e. The van der Waals surface area contributed by atoms with Crippen LogP contribution < -0.4 is 4.74 Å². The fourth-order valence-corrected chi connectivity index (χ4v) is 5.14. The monoisotopic (exact) mass is 387 g/mol. The van der Waals surface area contributed by atoms with Gasteiger partial charge in [-0.15, -0.1) is 0 Å². The summed E-state index contributed by atoms with van der Waals surface area (Å²) in [6.45, 7) is 5.44. The van der Waals surface area contributed by atoms with Gasteiger partial charge in [0.25, 0.3) is 5.19 Å². The average Bonchev–Trinajstić information content (AvgIpc) is 2.95. The lowest BCUT2D eigenvalue weighted by Gasteiger charge is -2.14. The molecule has 1 fully saturated rings. The van der Waals surface area contributed by atoms with E-state index in [1.807, 2.05) is 44.2 Å². The highest BCUT2D eigenvalue weighted by Gasteiger charge is 2.83. The third-order valence-corrected chi connectivity index (χ3v) is 6.89. The fourth-order valence-electron chi connectivity index (χ4n) is 3.92. The Morgan fingerprint density at radius 2 is 1.85 bits per heavy atom. The number of allylic oxidation sites excluding steroid dienone is 1. The summed E-state index contributed by atoms with van der Waals surface area (Å²) in [5.41, 5.74) is -2.62. The van der Waals surface area contributed by atoms with E-state index in [9.17, 15) is 14.7 Å². The van der Waals surface area contributed by atoms with Gasteiger partial charge in [0.15, 0.2) is 0 Å². The van der Waals surface area contributed by atoms with Crippen LogP contribution in [-0.2, 0) is 19.7 Å². The summed E-state index contributed by atoms with van der Waals surface area (Å²) < 4.78 is 10.4. The molecule has 0 saturated heterocycles. The molecule has 1 aliphatic rings. The molecule has 0 amide bonds. The molecule has 2 atom stereocenters. The van der Waals surface area contributed by atoms with E-state index >= 15 is 0 Å². The van der Waals surface area contributed by atoms with E-state index in [2.05, 4.69) is 9.72 Å². The second-order valence-corrected chi connectivity index (χ2v) is 8.12. The van der Waals surface area contributed by atoms with Crippen molar-refractivity contribution >= 4 is 23.3 Å². The summed E-state index contributed by atoms with van der Waals surface area (Å²) >= 11 is 1.28. The number of carbonyl (C=O) groups excluding carboxylic acids is 1. The molecule has 0 aliphatic heterocycles. The summed E-state index contributed by atoms with van der Waals surface area (Å²) in [6, 6.07) is 9.23. The molecular weight excluding hydrogens is 366 g/mol. The smallest absolute Gasteiger partial charge is 0.330 e. The van der Waals surface area contributed by atoms with Gasteiger partial charge in [-0.25, -0.2) is 9.78 Å². The standard InChI is InChI=1S/C20H21NO5S/c1-18(2)19(3,16(23)24)20(18,11-10-15(22)25-4)14-12-21-17(27-14)26-13-8-6-5-7-9-13/h5-12H,1-4H3,(H,23,24)/t19-,20+/m1/s1. The number of hydrogen-bond donors (Lipinski definition) is 1. The van der Waals surface area contributed by atoms with Crippen molar-refractivity contribution in [2.45, 2.75) is 26.2 Å². The zero-order valence-corrected chi connectivity index (χ0v) is 16.4. The first kappa shape index (κ1) is 19.1. The highest BCUT2D eigenvalue weighted by atomic mass is 32.1. The molecule has 0 radical (unpaired) electrons. The molecule has 7 heteroatoms. The van der Waals surface area contributed by atoms with Gasteiger partial charge in [-0.1, -0.05) is 49.5 Å². The molecule has 1 heterocycles. The number of aromatic nitrogens is 1. The van der Waals surface area contributed by atoms with Crippen LogP contribution in [0.3, 0.4) is 0 Å². The van der Waals surface area contributed by atoms with Gasteiger partial charge in [0.2, 0.25) is 0 Å². The van der Waals surface area contributed by atoms with Crippen molar-refractivity contribution in [3.63, 3.8) is 0 Å². The van der Waals surface area contributed by atoms with Gasteiger partial charge in [0.1, 0.15) is 5.75 Å². The van der Waals surface area contributed by atoms with E-state index in [-0.39, 0.29) is 0 Å². The highest BCUT2D eigenvalue weighted by Crippen LogP contribution is 2.79. The number of ether oxygens (including phenoxy) is 2. The van der Waals surface area contributed by atoms with E-state index in [1.54, 1.807) is 19.2 Å². The normalized spacial score (nSPS) is 25.9. The Bertz CT molecular complexity index is 904. The maximum absolute atomic E-state index is 12.1. The Hall–Kier alpha value is -2.67. The summed E-state index contributed by atoms with van der Waals surface area (Å²) in [5.74, 6) is -0.815. The van der Waals surface area contributed by atoms with Crippen LogP contribution in [0.1, 0.15) is 25.6 Å². The van der Waals surface area contributed by atoms with Gasteiger partial charge in [-0.3, -0.25) is 4.79 Å². The molecule has 1 saturated carbocycles. The van der Waals surface area contributed by atoms with Crippen LogP contribution in [0.4, 0.5) is 0 Å². The number of carboxylic acid groups (broad SMARTS) is 1. The van der Waals surface area contributed by atoms with Gasteiger partial charge < -0.3 is 14.6 Å². The number of thiazole rings is 1. The number of carbonyl (C=O) groups is 2. The lowest BCUT2D eigenvalue weighted by Crippen LogP contribution is -2.22. The predicted molar refractivity (Wildman–Crippen MR) is 101 cm³/mol. The molecule has 1 aromatic heterocycles. The number of benzene rings is 1. The van der Waals surface area contributed by atoms with Crippen LogP contribution in [0.5, 0.6) is 10.9 Å². The minimum atomic E-state index is -1.10. The Morgan fingerprint density at radius 1 is 1.19 bits per heavy atom. The number of carboxylic acids is 1. The molecule has 6 nitrogen and oxygen atoms in total. The number of aliphatic carboxylic acids is 1. The number of rotatable bonds is 6. The van der Waals surface area contributed by atoms with Crippen molar-refractivity contribution in [1.82, 2.24) is 4.98 Å². The maximum atomic E-state index is 12.1. The van der Waals surface area contributed by atoms with Crippen molar-refractivity contribution in [3.05, 3.63) is 53.6 Å². The minimum absolute atomic E-state index is 0.414. The molecule has 1 aliphatic carbocycles. The van der Waals surface area contributed by atoms with Gasteiger partial charge in [0, 0.05) is 22.6 Å². The molecular formula is C20H21NO5S. The Balaban J connectivity index is 2.02. The molecule has 1 aromatic carbocycles. The van der Waals surface area contributed by atoms with Gasteiger partial charge in [0.05, 0.1) is 12.5 Å². The summed E-state index contributed by atoms with van der Waals surface area (Å²) in [4.78, 5) is 28.8. The predicted octanol–water partition coefficient (Wildman–Crippen LogP) is 4.03. The van der Waals surface area contributed by atoms with Crippen LogP contribution in [0, 0.1) is 10.8 Å². The van der Waals surface area contributed by atoms with Crippen LogP contribution in [-0.4, -0.2) is 29.1 Å².